The van der Waals surface area contributed by atoms with E-state index in [0.717, 1.165) is 37.2 Å². The Kier molecular flexibility index (Phi) is 8.26. The maximum atomic E-state index is 12.6. The molecule has 140 valence electrons. The zero-order valence-corrected chi connectivity index (χ0v) is 16.2. The SMILES string of the molecule is CCCC(=O)N(CCCN1CCCCC1C)Cc1ccccc1OC. The molecule has 1 aromatic rings. The number of rotatable bonds is 9. The summed E-state index contributed by atoms with van der Waals surface area (Å²) in [6.07, 6.45) is 6.52. The standard InChI is InChI=1S/C21H34N2O2/c1-4-10-21(24)23(17-19-12-5-6-13-20(19)25-3)16-9-15-22-14-8-7-11-18(22)2/h5-6,12-13,18H,4,7-11,14-17H2,1-3H3. The zero-order valence-electron chi connectivity index (χ0n) is 16.2. The third-order valence-corrected chi connectivity index (χ3v) is 5.18. The normalized spacial score (nSPS) is 18.1. The van der Waals surface area contributed by atoms with Crippen LogP contribution in [0.3, 0.4) is 0 Å². The minimum absolute atomic E-state index is 0.250. The Morgan fingerprint density at radius 3 is 2.84 bits per heavy atom. The van der Waals surface area contributed by atoms with Crippen LogP contribution < -0.4 is 4.74 Å². The largest absolute Gasteiger partial charge is 0.496 e. The molecule has 0 radical (unpaired) electrons. The molecule has 1 fully saturated rings. The molecule has 1 amide bonds. The first kappa shape index (κ1) is 19.8. The summed E-state index contributed by atoms with van der Waals surface area (Å²) in [4.78, 5) is 17.2. The molecule has 25 heavy (non-hydrogen) atoms. The third kappa shape index (κ3) is 6.03. The maximum absolute atomic E-state index is 12.6. The summed E-state index contributed by atoms with van der Waals surface area (Å²) >= 11 is 0. The Morgan fingerprint density at radius 1 is 1.32 bits per heavy atom. The molecule has 4 heteroatoms. The van der Waals surface area contributed by atoms with Gasteiger partial charge in [-0.15, -0.1) is 0 Å². The quantitative estimate of drug-likeness (QED) is 0.675. The lowest BCUT2D eigenvalue weighted by molar-refractivity contribution is -0.132. The van der Waals surface area contributed by atoms with Gasteiger partial charge in [-0.2, -0.15) is 0 Å². The van der Waals surface area contributed by atoms with E-state index in [1.807, 2.05) is 23.1 Å². The lowest BCUT2D eigenvalue weighted by Crippen LogP contribution is -2.40. The number of nitrogens with zero attached hydrogens (tertiary/aromatic N) is 2. The summed E-state index contributed by atoms with van der Waals surface area (Å²) in [6.45, 7) is 8.14. The molecule has 1 aromatic carbocycles. The first-order valence-electron chi connectivity index (χ1n) is 9.79. The molecular formula is C21H34N2O2. The topological polar surface area (TPSA) is 32.8 Å². The number of carbonyl (C=O) groups is 1. The van der Waals surface area contributed by atoms with Crippen molar-refractivity contribution in [1.29, 1.82) is 0 Å². The molecule has 1 unspecified atom stereocenters. The first-order chi connectivity index (χ1) is 12.2. The van der Waals surface area contributed by atoms with Crippen molar-refractivity contribution < 1.29 is 9.53 Å². The molecule has 4 nitrogen and oxygen atoms in total. The molecule has 2 rings (SSSR count). The summed E-state index contributed by atoms with van der Waals surface area (Å²) < 4.78 is 5.45. The summed E-state index contributed by atoms with van der Waals surface area (Å²) in [7, 11) is 1.69. The van der Waals surface area contributed by atoms with E-state index in [4.69, 9.17) is 4.74 Å². The number of carbonyl (C=O) groups excluding carboxylic acids is 1. The molecule has 0 aromatic heterocycles. The molecule has 1 saturated heterocycles. The van der Waals surface area contributed by atoms with Crippen molar-refractivity contribution in [1.82, 2.24) is 9.80 Å². The average Bonchev–Trinajstić information content (AvgIpc) is 2.63. The Balaban J connectivity index is 1.94. The van der Waals surface area contributed by atoms with Crippen LogP contribution in [0.2, 0.25) is 0 Å². The van der Waals surface area contributed by atoms with Crippen LogP contribution in [0.4, 0.5) is 0 Å². The summed E-state index contributed by atoms with van der Waals surface area (Å²) in [5, 5.41) is 0. The van der Waals surface area contributed by atoms with E-state index in [9.17, 15) is 4.79 Å². The van der Waals surface area contributed by atoms with Crippen molar-refractivity contribution in [3.63, 3.8) is 0 Å². The van der Waals surface area contributed by atoms with E-state index in [0.29, 0.717) is 19.0 Å². The van der Waals surface area contributed by atoms with Gasteiger partial charge >= 0.3 is 0 Å². The first-order valence-corrected chi connectivity index (χ1v) is 9.79. The van der Waals surface area contributed by atoms with Crippen molar-refractivity contribution in [2.45, 2.75) is 65.0 Å². The van der Waals surface area contributed by atoms with Crippen LogP contribution >= 0.6 is 0 Å². The fourth-order valence-corrected chi connectivity index (χ4v) is 3.66. The number of para-hydroxylation sites is 1. The molecule has 0 N–H and O–H groups in total. The number of likely N-dealkylation sites (tertiary alicyclic amines) is 1. The second-order valence-electron chi connectivity index (χ2n) is 7.11. The summed E-state index contributed by atoms with van der Waals surface area (Å²) in [5.41, 5.74) is 1.08. The van der Waals surface area contributed by atoms with Crippen LogP contribution in [-0.4, -0.2) is 48.5 Å². The number of benzene rings is 1. The molecule has 1 atom stereocenters. The monoisotopic (exact) mass is 346 g/mol. The van der Waals surface area contributed by atoms with Crippen LogP contribution in [0.1, 0.15) is 57.9 Å². The van der Waals surface area contributed by atoms with Crippen molar-refractivity contribution in [2.75, 3.05) is 26.7 Å². The highest BCUT2D eigenvalue weighted by atomic mass is 16.5. The zero-order chi connectivity index (χ0) is 18.1. The highest BCUT2D eigenvalue weighted by molar-refractivity contribution is 5.76. The molecule has 0 aliphatic carbocycles. The van der Waals surface area contributed by atoms with Crippen molar-refractivity contribution >= 4 is 5.91 Å². The number of hydrogen-bond donors (Lipinski definition) is 0. The van der Waals surface area contributed by atoms with Gasteiger partial charge in [-0.1, -0.05) is 31.5 Å². The molecule has 0 bridgehead atoms. The highest BCUT2D eigenvalue weighted by Gasteiger charge is 2.19. The predicted molar refractivity (Wildman–Crippen MR) is 103 cm³/mol. The smallest absolute Gasteiger partial charge is 0.222 e. The van der Waals surface area contributed by atoms with Crippen LogP contribution in [0, 0.1) is 0 Å². The van der Waals surface area contributed by atoms with Crippen LogP contribution in [0.25, 0.3) is 0 Å². The van der Waals surface area contributed by atoms with E-state index in [1.165, 1.54) is 25.8 Å². The van der Waals surface area contributed by atoms with Gasteiger partial charge in [0.15, 0.2) is 0 Å². The van der Waals surface area contributed by atoms with Gasteiger partial charge < -0.3 is 14.5 Å². The van der Waals surface area contributed by atoms with Crippen molar-refractivity contribution in [3.8, 4) is 5.75 Å². The fourth-order valence-electron chi connectivity index (χ4n) is 3.66. The van der Waals surface area contributed by atoms with Gasteiger partial charge in [-0.05, 0) is 45.2 Å². The van der Waals surface area contributed by atoms with Crippen LogP contribution in [-0.2, 0) is 11.3 Å². The van der Waals surface area contributed by atoms with E-state index in [-0.39, 0.29) is 5.91 Å². The number of methoxy groups -OCH3 is 1. The van der Waals surface area contributed by atoms with Gasteiger partial charge in [0.2, 0.25) is 5.91 Å². The van der Waals surface area contributed by atoms with Gasteiger partial charge in [-0.25, -0.2) is 0 Å². The van der Waals surface area contributed by atoms with E-state index in [1.54, 1.807) is 7.11 Å². The lowest BCUT2D eigenvalue weighted by atomic mass is 10.0. The number of ether oxygens (including phenoxy) is 1. The minimum atomic E-state index is 0.250. The Hall–Kier alpha value is -1.55. The third-order valence-electron chi connectivity index (χ3n) is 5.18. The molecule has 1 aliphatic heterocycles. The van der Waals surface area contributed by atoms with Crippen molar-refractivity contribution in [3.05, 3.63) is 29.8 Å². The van der Waals surface area contributed by atoms with E-state index < -0.39 is 0 Å². The molecule has 0 saturated carbocycles. The van der Waals surface area contributed by atoms with Gasteiger partial charge in [0.05, 0.1) is 7.11 Å². The molecule has 1 heterocycles. The number of hydrogen-bond acceptors (Lipinski definition) is 3. The average molecular weight is 347 g/mol. The molecule has 0 spiro atoms. The van der Waals surface area contributed by atoms with Crippen LogP contribution in [0.15, 0.2) is 24.3 Å². The Labute approximate surface area is 153 Å². The Morgan fingerprint density at radius 2 is 2.12 bits per heavy atom. The predicted octanol–water partition coefficient (Wildman–Crippen LogP) is 4.09. The lowest BCUT2D eigenvalue weighted by Gasteiger charge is -2.34. The second-order valence-corrected chi connectivity index (χ2v) is 7.11. The van der Waals surface area contributed by atoms with E-state index in [2.05, 4.69) is 24.8 Å². The highest BCUT2D eigenvalue weighted by Crippen LogP contribution is 2.21. The van der Waals surface area contributed by atoms with E-state index >= 15 is 0 Å². The molecular weight excluding hydrogens is 312 g/mol. The number of amides is 1. The van der Waals surface area contributed by atoms with Gasteiger partial charge in [-0.3, -0.25) is 4.79 Å². The van der Waals surface area contributed by atoms with Gasteiger partial charge in [0.1, 0.15) is 5.75 Å². The summed E-state index contributed by atoms with van der Waals surface area (Å²) in [5.74, 6) is 1.11. The van der Waals surface area contributed by atoms with Gasteiger partial charge in [0.25, 0.3) is 0 Å². The Bertz CT molecular complexity index is 532. The summed E-state index contributed by atoms with van der Waals surface area (Å²) in [6, 6.07) is 8.68. The van der Waals surface area contributed by atoms with Crippen LogP contribution in [0.5, 0.6) is 5.75 Å². The maximum Gasteiger partial charge on any atom is 0.222 e. The second kappa shape index (κ2) is 10.4. The van der Waals surface area contributed by atoms with Crippen molar-refractivity contribution in [2.24, 2.45) is 0 Å². The molecule has 1 aliphatic rings. The number of piperidine rings is 1. The fraction of sp³-hybridized carbons (Fsp3) is 0.667. The van der Waals surface area contributed by atoms with Gasteiger partial charge in [0, 0.05) is 37.7 Å². The minimum Gasteiger partial charge on any atom is -0.496 e.